The van der Waals surface area contributed by atoms with Crippen molar-refractivity contribution in [1.29, 1.82) is 0 Å². The van der Waals surface area contributed by atoms with Crippen molar-refractivity contribution >= 4 is 35.0 Å². The van der Waals surface area contributed by atoms with Gasteiger partial charge in [-0.05, 0) is 70.7 Å². The van der Waals surface area contributed by atoms with E-state index >= 15 is 0 Å². The summed E-state index contributed by atoms with van der Waals surface area (Å²) in [6, 6.07) is 15.8. The van der Waals surface area contributed by atoms with Gasteiger partial charge in [-0.3, -0.25) is 14.5 Å². The number of hydrogen-bond acceptors (Lipinski definition) is 4. The summed E-state index contributed by atoms with van der Waals surface area (Å²) in [4.78, 5) is 31.2. The Hall–Kier alpha value is -2.12. The van der Waals surface area contributed by atoms with E-state index in [1.54, 1.807) is 18.2 Å². The summed E-state index contributed by atoms with van der Waals surface area (Å²) in [5.41, 5.74) is 1.73. The predicted molar refractivity (Wildman–Crippen MR) is 162 cm³/mol. The molecule has 0 saturated carbocycles. The molecule has 0 bridgehead atoms. The lowest BCUT2D eigenvalue weighted by Gasteiger charge is -2.33. The normalized spacial score (nSPS) is 19.0. The highest BCUT2D eigenvalue weighted by molar-refractivity contribution is 6.42. The van der Waals surface area contributed by atoms with Crippen molar-refractivity contribution in [3.63, 3.8) is 0 Å². The zero-order valence-electron chi connectivity index (χ0n) is 23.9. The molecular weight excluding hydrogens is 531 g/mol. The third kappa shape index (κ3) is 8.94. The van der Waals surface area contributed by atoms with Gasteiger partial charge in [0.15, 0.2) is 0 Å². The van der Waals surface area contributed by atoms with E-state index in [4.69, 9.17) is 23.2 Å². The van der Waals surface area contributed by atoms with E-state index in [1.807, 2.05) is 11.0 Å². The first-order chi connectivity index (χ1) is 18.6. The van der Waals surface area contributed by atoms with E-state index in [0.717, 1.165) is 19.4 Å². The Morgan fingerprint density at radius 1 is 1.08 bits per heavy atom. The van der Waals surface area contributed by atoms with Gasteiger partial charge >= 0.3 is 0 Å². The van der Waals surface area contributed by atoms with Crippen LogP contribution in [0, 0.1) is 0 Å². The van der Waals surface area contributed by atoms with Gasteiger partial charge in [-0.1, -0.05) is 60.5 Å². The molecule has 2 N–H and O–H groups in total. The van der Waals surface area contributed by atoms with E-state index in [0.29, 0.717) is 53.7 Å². The van der Waals surface area contributed by atoms with Crippen molar-refractivity contribution < 1.29 is 9.59 Å². The molecule has 8 heteroatoms. The summed E-state index contributed by atoms with van der Waals surface area (Å²) < 4.78 is 0. The third-order valence-corrected chi connectivity index (χ3v) is 8.43. The van der Waals surface area contributed by atoms with Crippen LogP contribution in [0.1, 0.15) is 75.7 Å². The van der Waals surface area contributed by atoms with Crippen LogP contribution >= 0.6 is 23.2 Å². The molecular formula is C31H44Cl2N4O2. The van der Waals surface area contributed by atoms with Crippen LogP contribution in [-0.4, -0.2) is 72.0 Å². The number of halogens is 2. The average molecular weight is 576 g/mol. The molecule has 2 amide bonds. The maximum Gasteiger partial charge on any atom is 0.251 e. The number of carbonyl (C=O) groups excluding carboxylic acids is 2. The van der Waals surface area contributed by atoms with E-state index in [9.17, 15) is 9.59 Å². The first-order valence-corrected chi connectivity index (χ1v) is 14.9. The van der Waals surface area contributed by atoms with Gasteiger partial charge in [0.2, 0.25) is 5.91 Å². The summed E-state index contributed by atoms with van der Waals surface area (Å²) >= 11 is 12.1. The minimum atomic E-state index is -0.312. The van der Waals surface area contributed by atoms with E-state index in [1.165, 1.54) is 5.56 Å². The summed E-state index contributed by atoms with van der Waals surface area (Å²) in [6.45, 7) is 13.6. The Morgan fingerprint density at radius 2 is 1.77 bits per heavy atom. The molecule has 2 aromatic rings. The Labute approximate surface area is 244 Å². The molecule has 3 atom stereocenters. The maximum atomic E-state index is 13.9. The fraction of sp³-hybridized carbons (Fsp3) is 0.548. The first kappa shape index (κ1) is 31.4. The van der Waals surface area contributed by atoms with Crippen LogP contribution in [0.4, 0.5) is 0 Å². The average Bonchev–Trinajstić information content (AvgIpc) is 3.06. The summed E-state index contributed by atoms with van der Waals surface area (Å²) in [6.07, 6.45) is 2.43. The lowest BCUT2D eigenvalue weighted by molar-refractivity contribution is -0.133. The van der Waals surface area contributed by atoms with Crippen LogP contribution in [0.25, 0.3) is 0 Å². The topological polar surface area (TPSA) is 64.7 Å². The monoisotopic (exact) mass is 574 g/mol. The fourth-order valence-electron chi connectivity index (χ4n) is 5.44. The van der Waals surface area contributed by atoms with Crippen LogP contribution in [0.3, 0.4) is 0 Å². The van der Waals surface area contributed by atoms with Gasteiger partial charge in [0.05, 0.1) is 16.1 Å². The van der Waals surface area contributed by atoms with Crippen molar-refractivity contribution in [3.8, 4) is 0 Å². The van der Waals surface area contributed by atoms with Crippen LogP contribution in [0.15, 0.2) is 48.5 Å². The highest BCUT2D eigenvalue weighted by Crippen LogP contribution is 2.24. The first-order valence-electron chi connectivity index (χ1n) is 14.2. The van der Waals surface area contributed by atoms with Crippen molar-refractivity contribution in [2.75, 3.05) is 26.2 Å². The van der Waals surface area contributed by atoms with Crippen LogP contribution < -0.4 is 10.6 Å². The number of benzene rings is 2. The second-order valence-corrected chi connectivity index (χ2v) is 11.9. The largest absolute Gasteiger partial charge is 0.350 e. The number of hydrogen-bond donors (Lipinski definition) is 2. The van der Waals surface area contributed by atoms with Gasteiger partial charge in [-0.25, -0.2) is 0 Å². The molecule has 1 heterocycles. The number of nitrogens with zero attached hydrogens (tertiary/aromatic N) is 2. The second-order valence-electron chi connectivity index (χ2n) is 11.1. The number of carbonyl (C=O) groups is 2. The van der Waals surface area contributed by atoms with Gasteiger partial charge in [-0.15, -0.1) is 0 Å². The number of nitrogens with one attached hydrogen (secondary N) is 2. The Bertz CT molecular complexity index is 1070. The fourth-order valence-corrected chi connectivity index (χ4v) is 5.74. The summed E-state index contributed by atoms with van der Waals surface area (Å²) in [5, 5.41) is 7.40. The van der Waals surface area contributed by atoms with E-state index in [2.05, 4.69) is 74.4 Å². The van der Waals surface area contributed by atoms with Crippen LogP contribution in [0.2, 0.25) is 10.0 Å². The zero-order chi connectivity index (χ0) is 28.5. The Balaban J connectivity index is 1.74. The molecule has 0 aromatic heterocycles. The third-order valence-electron chi connectivity index (χ3n) is 7.69. The summed E-state index contributed by atoms with van der Waals surface area (Å²) in [5.74, 6) is 0.222. The lowest BCUT2D eigenvalue weighted by atomic mass is 9.95. The molecule has 214 valence electrons. The minimum absolute atomic E-state index is 0.0287. The molecule has 1 saturated heterocycles. The number of rotatable bonds is 12. The highest BCUT2D eigenvalue weighted by atomic mass is 35.5. The molecule has 6 nitrogen and oxygen atoms in total. The standard InChI is InChI=1S/C31H44Cl2N4O2/c1-6-23(24-10-8-7-9-11-24)20-36-16-14-26(19-34-30(38)25-12-13-27(32)28(33)18-25)35-29(31(36)39)15-17-37(21(2)3)22(4)5/h7-13,18,21-23,26,29,35H,6,14-17,19-20H2,1-5H3,(H,34,38)/t23?,26-,29-/m0/s1. The molecule has 39 heavy (non-hydrogen) atoms. The van der Waals surface area contributed by atoms with Gasteiger partial charge in [0, 0.05) is 55.8 Å². The molecule has 1 aliphatic rings. The van der Waals surface area contributed by atoms with Crippen LogP contribution in [0.5, 0.6) is 0 Å². The van der Waals surface area contributed by atoms with Crippen LogP contribution in [-0.2, 0) is 4.79 Å². The molecule has 1 aliphatic heterocycles. The van der Waals surface area contributed by atoms with Crippen molar-refractivity contribution in [2.24, 2.45) is 0 Å². The minimum Gasteiger partial charge on any atom is -0.350 e. The lowest BCUT2D eigenvalue weighted by Crippen LogP contribution is -2.51. The highest BCUT2D eigenvalue weighted by Gasteiger charge is 2.33. The van der Waals surface area contributed by atoms with Gasteiger partial charge in [0.1, 0.15) is 0 Å². The van der Waals surface area contributed by atoms with Gasteiger partial charge in [0.25, 0.3) is 5.91 Å². The quantitative estimate of drug-likeness (QED) is 0.327. The molecule has 1 fully saturated rings. The molecule has 2 aromatic carbocycles. The van der Waals surface area contributed by atoms with Gasteiger partial charge < -0.3 is 15.5 Å². The number of amides is 2. The van der Waals surface area contributed by atoms with Crippen molar-refractivity contribution in [2.45, 2.75) is 84.0 Å². The van der Waals surface area contributed by atoms with E-state index in [-0.39, 0.29) is 29.8 Å². The summed E-state index contributed by atoms with van der Waals surface area (Å²) in [7, 11) is 0. The molecule has 0 aliphatic carbocycles. The molecule has 0 radical (unpaired) electrons. The molecule has 0 spiro atoms. The SMILES string of the molecule is CCC(CN1CC[C@@H](CNC(=O)c2ccc(Cl)c(Cl)c2)N[C@@H](CCN(C(C)C)C(C)C)C1=O)c1ccccc1. The van der Waals surface area contributed by atoms with Gasteiger partial charge in [-0.2, -0.15) is 0 Å². The second kappa shape index (κ2) is 15.0. The predicted octanol–water partition coefficient (Wildman–Crippen LogP) is 5.99. The van der Waals surface area contributed by atoms with Crippen molar-refractivity contribution in [1.82, 2.24) is 20.4 Å². The van der Waals surface area contributed by atoms with Crippen molar-refractivity contribution in [3.05, 3.63) is 69.7 Å². The smallest absolute Gasteiger partial charge is 0.251 e. The maximum absolute atomic E-state index is 13.9. The molecule has 3 rings (SSSR count). The Kier molecular flexibility index (Phi) is 12.1. The Morgan fingerprint density at radius 3 is 2.38 bits per heavy atom. The van der Waals surface area contributed by atoms with E-state index < -0.39 is 0 Å². The molecule has 1 unspecified atom stereocenters. The zero-order valence-corrected chi connectivity index (χ0v) is 25.4.